The molecule has 1 atom stereocenters. The van der Waals surface area contributed by atoms with Crippen molar-refractivity contribution in [1.29, 1.82) is 0 Å². The zero-order valence-electron chi connectivity index (χ0n) is 9.84. The molecule has 0 saturated carbocycles. The van der Waals surface area contributed by atoms with Crippen LogP contribution in [0, 0.1) is 5.92 Å². The number of halogens is 1. The van der Waals surface area contributed by atoms with Crippen LogP contribution in [-0.2, 0) is 4.79 Å². The minimum Gasteiger partial charge on any atom is -0.343 e. The topological polar surface area (TPSA) is 20.3 Å². The average molecular weight is 232 g/mol. The maximum absolute atomic E-state index is 11.7. The zero-order chi connectivity index (χ0) is 11.3. The quantitative estimate of drug-likeness (QED) is 0.681. The molecule has 1 rings (SSSR count). The van der Waals surface area contributed by atoms with E-state index in [-0.39, 0.29) is 5.38 Å². The van der Waals surface area contributed by atoms with Crippen molar-refractivity contribution in [2.75, 3.05) is 13.1 Å². The van der Waals surface area contributed by atoms with E-state index < -0.39 is 0 Å². The number of carbonyl (C=O) groups is 1. The van der Waals surface area contributed by atoms with Crippen molar-refractivity contribution in [2.45, 2.75) is 51.3 Å². The van der Waals surface area contributed by atoms with E-state index in [0.717, 1.165) is 45.2 Å². The number of alkyl halides is 1. The summed E-state index contributed by atoms with van der Waals surface area (Å²) in [6.07, 6.45) is 4.98. The Bertz CT molecular complexity index is 198. The molecule has 1 saturated heterocycles. The Morgan fingerprint density at radius 2 is 2.07 bits per heavy atom. The molecule has 0 spiro atoms. The van der Waals surface area contributed by atoms with Gasteiger partial charge in [-0.05, 0) is 32.1 Å². The average Bonchev–Trinajstić information content (AvgIpc) is 2.26. The van der Waals surface area contributed by atoms with Crippen molar-refractivity contribution >= 4 is 17.5 Å². The van der Waals surface area contributed by atoms with Crippen LogP contribution in [0.15, 0.2) is 0 Å². The third-order valence-corrected chi connectivity index (χ3v) is 3.64. The molecule has 88 valence electrons. The van der Waals surface area contributed by atoms with Crippen molar-refractivity contribution in [1.82, 2.24) is 4.90 Å². The smallest absolute Gasteiger partial charge is 0.222 e. The predicted octanol–water partition coefficient (Wildman–Crippen LogP) is 3.04. The van der Waals surface area contributed by atoms with Crippen molar-refractivity contribution in [2.24, 2.45) is 5.92 Å². The minimum atomic E-state index is 0.248. The number of nitrogens with zero attached hydrogens (tertiary/aromatic N) is 1. The summed E-state index contributed by atoms with van der Waals surface area (Å²) in [6, 6.07) is 0. The van der Waals surface area contributed by atoms with Gasteiger partial charge in [0.1, 0.15) is 0 Å². The van der Waals surface area contributed by atoms with E-state index in [4.69, 9.17) is 11.6 Å². The molecule has 15 heavy (non-hydrogen) atoms. The van der Waals surface area contributed by atoms with Crippen LogP contribution in [-0.4, -0.2) is 29.3 Å². The molecule has 0 aliphatic carbocycles. The van der Waals surface area contributed by atoms with E-state index in [2.05, 4.69) is 13.8 Å². The van der Waals surface area contributed by atoms with Crippen molar-refractivity contribution in [3.63, 3.8) is 0 Å². The summed E-state index contributed by atoms with van der Waals surface area (Å²) in [6.45, 7) is 5.99. The number of carbonyl (C=O) groups excluding carboxylic acids is 1. The maximum atomic E-state index is 11.7. The Hall–Kier alpha value is -0.240. The summed E-state index contributed by atoms with van der Waals surface area (Å²) in [7, 11) is 0. The third kappa shape index (κ3) is 4.02. The number of amides is 1. The lowest BCUT2D eigenvalue weighted by molar-refractivity contribution is -0.132. The summed E-state index contributed by atoms with van der Waals surface area (Å²) in [5.41, 5.74) is 0. The van der Waals surface area contributed by atoms with Crippen LogP contribution in [0.5, 0.6) is 0 Å². The Kier molecular flexibility index (Phi) is 5.44. The molecular formula is C12H22ClNO. The molecule has 2 nitrogen and oxygen atoms in total. The summed E-state index contributed by atoms with van der Waals surface area (Å²) in [5.74, 6) is 0.930. The normalized spacial score (nSPS) is 20.3. The first kappa shape index (κ1) is 12.8. The van der Waals surface area contributed by atoms with Gasteiger partial charge < -0.3 is 4.90 Å². The van der Waals surface area contributed by atoms with Gasteiger partial charge in [-0.25, -0.2) is 0 Å². The van der Waals surface area contributed by atoms with Crippen LogP contribution in [0.25, 0.3) is 0 Å². The highest BCUT2D eigenvalue weighted by Crippen LogP contribution is 2.24. The minimum absolute atomic E-state index is 0.248. The van der Waals surface area contributed by atoms with E-state index in [9.17, 15) is 4.79 Å². The molecule has 1 aliphatic heterocycles. The highest BCUT2D eigenvalue weighted by molar-refractivity contribution is 6.20. The summed E-state index contributed by atoms with van der Waals surface area (Å²) >= 11 is 6.06. The first-order chi connectivity index (χ1) is 7.15. The number of hydrogen-bond donors (Lipinski definition) is 0. The summed E-state index contributed by atoms with van der Waals surface area (Å²) in [4.78, 5) is 13.7. The van der Waals surface area contributed by atoms with Crippen molar-refractivity contribution in [3.05, 3.63) is 0 Å². The lowest BCUT2D eigenvalue weighted by Gasteiger charge is -2.33. The second kappa shape index (κ2) is 6.37. The zero-order valence-corrected chi connectivity index (χ0v) is 10.6. The summed E-state index contributed by atoms with van der Waals surface area (Å²) in [5, 5.41) is 0.248. The van der Waals surface area contributed by atoms with Gasteiger partial charge >= 0.3 is 0 Å². The molecule has 1 heterocycles. The highest BCUT2D eigenvalue weighted by atomic mass is 35.5. The van der Waals surface area contributed by atoms with E-state index in [1.807, 2.05) is 4.90 Å². The fourth-order valence-electron chi connectivity index (χ4n) is 2.09. The highest BCUT2D eigenvalue weighted by Gasteiger charge is 2.24. The number of unbranched alkanes of at least 4 members (excludes halogenated alkanes) is 1. The van der Waals surface area contributed by atoms with Gasteiger partial charge in [-0.15, -0.1) is 11.6 Å². The number of hydrogen-bond acceptors (Lipinski definition) is 1. The second-order valence-electron chi connectivity index (χ2n) is 4.50. The Morgan fingerprint density at radius 1 is 1.47 bits per heavy atom. The molecule has 0 radical (unpaired) electrons. The SMILES string of the molecule is CCCCC(=O)N1CCC(C(C)Cl)CC1. The van der Waals surface area contributed by atoms with Gasteiger partial charge in [-0.3, -0.25) is 4.79 Å². The molecule has 0 aromatic rings. The monoisotopic (exact) mass is 231 g/mol. The Balaban J connectivity index is 2.27. The summed E-state index contributed by atoms with van der Waals surface area (Å²) < 4.78 is 0. The van der Waals surface area contributed by atoms with Crippen LogP contribution in [0.4, 0.5) is 0 Å². The van der Waals surface area contributed by atoms with Crippen molar-refractivity contribution < 1.29 is 4.79 Å². The molecule has 1 amide bonds. The Morgan fingerprint density at radius 3 is 2.53 bits per heavy atom. The predicted molar refractivity (Wildman–Crippen MR) is 64.1 cm³/mol. The number of rotatable bonds is 4. The molecule has 0 N–H and O–H groups in total. The second-order valence-corrected chi connectivity index (χ2v) is 5.19. The molecule has 0 bridgehead atoms. The first-order valence-corrected chi connectivity index (χ1v) is 6.50. The van der Waals surface area contributed by atoms with Gasteiger partial charge in [0.15, 0.2) is 0 Å². The molecule has 0 aromatic carbocycles. The van der Waals surface area contributed by atoms with Crippen LogP contribution < -0.4 is 0 Å². The van der Waals surface area contributed by atoms with Gasteiger partial charge in [0.25, 0.3) is 0 Å². The maximum Gasteiger partial charge on any atom is 0.222 e. The van der Waals surface area contributed by atoms with E-state index in [0.29, 0.717) is 11.8 Å². The van der Waals surface area contributed by atoms with E-state index in [1.165, 1.54) is 0 Å². The first-order valence-electron chi connectivity index (χ1n) is 6.07. The number of likely N-dealkylation sites (tertiary alicyclic amines) is 1. The lowest BCUT2D eigenvalue weighted by atomic mass is 9.94. The molecule has 3 heteroatoms. The van der Waals surface area contributed by atoms with Gasteiger partial charge in [0.05, 0.1) is 0 Å². The van der Waals surface area contributed by atoms with Crippen LogP contribution >= 0.6 is 11.6 Å². The van der Waals surface area contributed by atoms with E-state index >= 15 is 0 Å². The fraction of sp³-hybridized carbons (Fsp3) is 0.917. The third-order valence-electron chi connectivity index (χ3n) is 3.29. The van der Waals surface area contributed by atoms with Crippen molar-refractivity contribution in [3.8, 4) is 0 Å². The number of piperidine rings is 1. The van der Waals surface area contributed by atoms with Gasteiger partial charge in [0.2, 0.25) is 5.91 Å². The standard InChI is InChI=1S/C12H22ClNO/c1-3-4-5-12(15)14-8-6-11(7-9-14)10(2)13/h10-11H,3-9H2,1-2H3. The van der Waals surface area contributed by atoms with E-state index in [1.54, 1.807) is 0 Å². The van der Waals surface area contributed by atoms with Crippen LogP contribution in [0.2, 0.25) is 0 Å². The molecule has 0 aromatic heterocycles. The van der Waals surface area contributed by atoms with Gasteiger partial charge in [-0.2, -0.15) is 0 Å². The van der Waals surface area contributed by atoms with Gasteiger partial charge in [-0.1, -0.05) is 13.3 Å². The fourth-order valence-corrected chi connectivity index (χ4v) is 2.35. The van der Waals surface area contributed by atoms with Gasteiger partial charge in [0, 0.05) is 24.9 Å². The Labute approximate surface area is 98.0 Å². The molecule has 1 aliphatic rings. The molecule has 1 unspecified atom stereocenters. The molecular weight excluding hydrogens is 210 g/mol. The van der Waals surface area contributed by atoms with Crippen LogP contribution in [0.1, 0.15) is 46.0 Å². The largest absolute Gasteiger partial charge is 0.343 e. The molecule has 1 fully saturated rings. The van der Waals surface area contributed by atoms with Crippen LogP contribution in [0.3, 0.4) is 0 Å². The lowest BCUT2D eigenvalue weighted by Crippen LogP contribution is -2.39.